The summed E-state index contributed by atoms with van der Waals surface area (Å²) in [6, 6.07) is 9.66. The standard InChI is InChI=1S/C12H10ClN3O2/c13-11-10(6-3-7-16(11)18)15-12(17)8-4-1-2-5-9(8)14/h1-7H,14H2,(H,15,17). The van der Waals surface area contributed by atoms with Gasteiger partial charge in [-0.1, -0.05) is 12.1 Å². The first kappa shape index (κ1) is 12.2. The smallest absolute Gasteiger partial charge is 0.310 e. The molecule has 0 fully saturated rings. The minimum atomic E-state index is -0.416. The molecular weight excluding hydrogens is 254 g/mol. The highest BCUT2D eigenvalue weighted by atomic mass is 35.5. The van der Waals surface area contributed by atoms with Crippen LogP contribution in [0, 0.1) is 5.21 Å². The van der Waals surface area contributed by atoms with Crippen molar-refractivity contribution in [3.63, 3.8) is 0 Å². The zero-order chi connectivity index (χ0) is 13.1. The van der Waals surface area contributed by atoms with Crippen LogP contribution in [0.5, 0.6) is 0 Å². The molecule has 1 aromatic carbocycles. The first-order chi connectivity index (χ1) is 8.59. The van der Waals surface area contributed by atoms with Crippen LogP contribution < -0.4 is 15.8 Å². The number of nitrogen functional groups attached to an aromatic ring is 1. The second-order valence-electron chi connectivity index (χ2n) is 3.58. The summed E-state index contributed by atoms with van der Waals surface area (Å²) in [6.07, 6.45) is 1.24. The number of hydrogen-bond donors (Lipinski definition) is 2. The van der Waals surface area contributed by atoms with Gasteiger partial charge in [-0.25, -0.2) is 0 Å². The summed E-state index contributed by atoms with van der Waals surface area (Å²) in [4.78, 5) is 11.9. The molecule has 0 saturated carbocycles. The van der Waals surface area contributed by atoms with Gasteiger partial charge in [-0.05, 0) is 29.8 Å². The van der Waals surface area contributed by atoms with Crippen molar-refractivity contribution in [3.8, 4) is 0 Å². The van der Waals surface area contributed by atoms with Gasteiger partial charge in [0, 0.05) is 11.8 Å². The van der Waals surface area contributed by atoms with Crippen molar-refractivity contribution in [3.05, 3.63) is 58.5 Å². The number of pyridine rings is 1. The van der Waals surface area contributed by atoms with Gasteiger partial charge in [-0.3, -0.25) is 4.79 Å². The van der Waals surface area contributed by atoms with Gasteiger partial charge < -0.3 is 16.3 Å². The Kier molecular flexibility index (Phi) is 3.34. The van der Waals surface area contributed by atoms with Crippen LogP contribution in [0.15, 0.2) is 42.6 Å². The van der Waals surface area contributed by atoms with Crippen molar-refractivity contribution in [2.24, 2.45) is 0 Å². The van der Waals surface area contributed by atoms with Crippen LogP contribution in [0.1, 0.15) is 10.4 Å². The number of nitrogens with one attached hydrogen (secondary N) is 1. The average molecular weight is 264 g/mol. The number of para-hydroxylation sites is 1. The molecule has 1 aromatic heterocycles. The Labute approximate surface area is 108 Å². The summed E-state index contributed by atoms with van der Waals surface area (Å²) in [5.74, 6) is -0.416. The molecule has 0 saturated heterocycles. The van der Waals surface area contributed by atoms with Gasteiger partial charge in [0.1, 0.15) is 5.69 Å². The molecule has 2 rings (SSSR count). The van der Waals surface area contributed by atoms with E-state index in [-0.39, 0.29) is 10.8 Å². The molecule has 0 unspecified atom stereocenters. The molecule has 0 aliphatic carbocycles. The second-order valence-corrected chi connectivity index (χ2v) is 3.94. The van der Waals surface area contributed by atoms with Gasteiger partial charge in [0.15, 0.2) is 6.20 Å². The molecule has 92 valence electrons. The highest BCUT2D eigenvalue weighted by Crippen LogP contribution is 2.18. The minimum absolute atomic E-state index is 0.0969. The third kappa shape index (κ3) is 2.36. The number of nitrogens with zero attached hydrogens (tertiary/aromatic N) is 1. The average Bonchev–Trinajstić information content (AvgIpc) is 2.35. The van der Waals surface area contributed by atoms with Crippen molar-refractivity contribution in [2.75, 3.05) is 11.1 Å². The van der Waals surface area contributed by atoms with Gasteiger partial charge in [0.2, 0.25) is 0 Å². The molecule has 1 amide bonds. The minimum Gasteiger partial charge on any atom is -0.618 e. The Morgan fingerprint density at radius 1 is 1.28 bits per heavy atom. The maximum absolute atomic E-state index is 11.9. The van der Waals surface area contributed by atoms with E-state index in [4.69, 9.17) is 17.3 Å². The number of carbonyl (C=O) groups excluding carboxylic acids is 1. The molecule has 1 heterocycles. The van der Waals surface area contributed by atoms with Crippen LogP contribution in [0.25, 0.3) is 0 Å². The van der Waals surface area contributed by atoms with Crippen molar-refractivity contribution < 1.29 is 9.52 Å². The second kappa shape index (κ2) is 4.93. The fourth-order valence-electron chi connectivity index (χ4n) is 1.46. The molecule has 0 bridgehead atoms. The molecule has 3 N–H and O–H groups in total. The van der Waals surface area contributed by atoms with E-state index in [0.717, 1.165) is 0 Å². The first-order valence-electron chi connectivity index (χ1n) is 5.13. The lowest BCUT2D eigenvalue weighted by atomic mass is 10.1. The number of aromatic nitrogens is 1. The Hall–Kier alpha value is -2.27. The van der Waals surface area contributed by atoms with Crippen LogP contribution >= 0.6 is 11.6 Å². The topological polar surface area (TPSA) is 82.1 Å². The van der Waals surface area contributed by atoms with Gasteiger partial charge in [-0.15, -0.1) is 0 Å². The van der Waals surface area contributed by atoms with Gasteiger partial charge in [0.05, 0.1) is 5.56 Å². The lowest BCUT2D eigenvalue weighted by Crippen LogP contribution is -2.28. The molecule has 0 radical (unpaired) electrons. The Morgan fingerprint density at radius 3 is 2.72 bits per heavy atom. The molecule has 0 spiro atoms. The van der Waals surface area contributed by atoms with Gasteiger partial charge in [0.25, 0.3) is 5.91 Å². The van der Waals surface area contributed by atoms with E-state index in [1.54, 1.807) is 24.3 Å². The van der Waals surface area contributed by atoms with Gasteiger partial charge in [-0.2, -0.15) is 4.73 Å². The largest absolute Gasteiger partial charge is 0.618 e. The van der Waals surface area contributed by atoms with E-state index in [1.165, 1.54) is 18.3 Å². The van der Waals surface area contributed by atoms with Crippen molar-refractivity contribution in [2.45, 2.75) is 0 Å². The number of rotatable bonds is 2. The van der Waals surface area contributed by atoms with Crippen molar-refractivity contribution in [1.82, 2.24) is 0 Å². The third-order valence-electron chi connectivity index (χ3n) is 2.35. The Bertz CT molecular complexity index is 602. The normalized spacial score (nSPS) is 10.1. The van der Waals surface area contributed by atoms with Crippen LogP contribution in [0.2, 0.25) is 5.15 Å². The summed E-state index contributed by atoms with van der Waals surface area (Å²) in [6.45, 7) is 0. The monoisotopic (exact) mass is 263 g/mol. The molecule has 18 heavy (non-hydrogen) atoms. The lowest BCUT2D eigenvalue weighted by molar-refractivity contribution is -0.602. The van der Waals surface area contributed by atoms with E-state index in [9.17, 15) is 10.0 Å². The van der Waals surface area contributed by atoms with E-state index in [2.05, 4.69) is 5.32 Å². The van der Waals surface area contributed by atoms with Crippen LogP contribution in [-0.4, -0.2) is 5.91 Å². The molecular formula is C12H10ClN3O2. The maximum Gasteiger partial charge on any atom is 0.310 e. The third-order valence-corrected chi connectivity index (χ3v) is 2.72. The van der Waals surface area contributed by atoms with E-state index < -0.39 is 5.91 Å². The first-order valence-corrected chi connectivity index (χ1v) is 5.51. The summed E-state index contributed by atoms with van der Waals surface area (Å²) < 4.78 is 0.464. The SMILES string of the molecule is Nc1ccccc1C(=O)Nc1ccc[n+]([O-])c1Cl. The molecule has 2 aromatic rings. The Balaban J connectivity index is 2.27. The molecule has 5 nitrogen and oxygen atoms in total. The summed E-state index contributed by atoms with van der Waals surface area (Å²) >= 11 is 5.77. The summed E-state index contributed by atoms with van der Waals surface area (Å²) in [7, 11) is 0. The fourth-order valence-corrected chi connectivity index (χ4v) is 1.62. The number of hydrogen-bond acceptors (Lipinski definition) is 3. The van der Waals surface area contributed by atoms with E-state index >= 15 is 0 Å². The summed E-state index contributed by atoms with van der Waals surface area (Å²) in [5.41, 5.74) is 6.61. The van der Waals surface area contributed by atoms with E-state index in [0.29, 0.717) is 16.0 Å². The predicted octanol–water partition coefficient (Wildman–Crippen LogP) is 1.81. The zero-order valence-electron chi connectivity index (χ0n) is 9.26. The van der Waals surface area contributed by atoms with Crippen molar-refractivity contribution in [1.29, 1.82) is 0 Å². The number of anilines is 2. The maximum atomic E-state index is 11.9. The van der Waals surface area contributed by atoms with Gasteiger partial charge >= 0.3 is 5.15 Å². The number of nitrogens with two attached hydrogens (primary N) is 1. The zero-order valence-corrected chi connectivity index (χ0v) is 10.0. The molecule has 0 aliphatic heterocycles. The quantitative estimate of drug-likeness (QED) is 0.375. The van der Waals surface area contributed by atoms with Crippen LogP contribution in [-0.2, 0) is 0 Å². The number of halogens is 1. The predicted molar refractivity (Wildman–Crippen MR) is 69.2 cm³/mol. The molecule has 0 aliphatic rings. The van der Waals surface area contributed by atoms with E-state index in [1.807, 2.05) is 0 Å². The number of amides is 1. The Morgan fingerprint density at radius 2 is 2.00 bits per heavy atom. The molecule has 0 atom stereocenters. The lowest BCUT2D eigenvalue weighted by Gasteiger charge is -2.08. The van der Waals surface area contributed by atoms with Crippen LogP contribution in [0.3, 0.4) is 0 Å². The number of benzene rings is 1. The number of carbonyl (C=O) groups is 1. The summed E-state index contributed by atoms with van der Waals surface area (Å²) in [5, 5.41) is 13.7. The highest BCUT2D eigenvalue weighted by Gasteiger charge is 2.14. The van der Waals surface area contributed by atoms with Crippen molar-refractivity contribution >= 4 is 28.9 Å². The highest BCUT2D eigenvalue weighted by molar-refractivity contribution is 6.31. The fraction of sp³-hybridized carbons (Fsp3) is 0. The van der Waals surface area contributed by atoms with Crippen LogP contribution in [0.4, 0.5) is 11.4 Å². The molecule has 6 heteroatoms.